The first-order valence-corrected chi connectivity index (χ1v) is 22.1. The molecule has 2 saturated carbocycles. The lowest BCUT2D eigenvalue weighted by Gasteiger charge is -2.34. The van der Waals surface area contributed by atoms with Crippen LogP contribution >= 0.6 is 0 Å². The Morgan fingerprint density at radius 1 is 0.571 bits per heavy atom. The predicted molar refractivity (Wildman–Crippen MR) is 249 cm³/mol. The number of carbonyl (C=O) groups excluding carboxylic acids is 2. The lowest BCUT2D eigenvalue weighted by atomic mass is 9.72. The van der Waals surface area contributed by atoms with Crippen LogP contribution in [0, 0.1) is 78.0 Å². The fourth-order valence-electron chi connectivity index (χ4n) is 7.56. The largest absolute Gasteiger partial charge is 0.490 e. The van der Waals surface area contributed by atoms with Crippen molar-refractivity contribution in [3.8, 4) is 58.9 Å². The van der Waals surface area contributed by atoms with Crippen LogP contribution in [-0.2, 0) is 28.5 Å². The number of ether oxygens (including phenoxy) is 6. The minimum absolute atomic E-state index is 0.105. The molecule has 0 radical (unpaired) electrons. The highest BCUT2D eigenvalue weighted by Crippen LogP contribution is 2.40. The van der Waals surface area contributed by atoms with Crippen LogP contribution in [0.4, 0.5) is 0 Å². The van der Waals surface area contributed by atoms with E-state index >= 15 is 0 Å². The zero-order valence-corrected chi connectivity index (χ0v) is 37.8. The molecular formula is C55H64O8. The molecule has 2 aromatic carbocycles. The zero-order valence-electron chi connectivity index (χ0n) is 37.8. The molecule has 63 heavy (non-hydrogen) atoms. The Kier molecular flexibility index (Phi) is 21.2. The molecule has 8 nitrogen and oxygen atoms in total. The van der Waals surface area contributed by atoms with Crippen molar-refractivity contribution < 1.29 is 38.0 Å². The molecule has 2 aliphatic carbocycles. The Hall–Kier alpha value is -6.22. The van der Waals surface area contributed by atoms with E-state index in [2.05, 4.69) is 73.7 Å². The fraction of sp³-hybridized carbons (Fsp3) is 0.455. The Labute approximate surface area is 376 Å². The summed E-state index contributed by atoms with van der Waals surface area (Å²) in [6, 6.07) is 15.1. The average Bonchev–Trinajstić information content (AvgIpc) is 3.27. The second kappa shape index (κ2) is 27.0. The molecule has 0 heterocycles. The van der Waals surface area contributed by atoms with Crippen molar-refractivity contribution >= 4 is 11.9 Å². The number of allylic oxidation sites excluding steroid dienone is 2. The smallest absolute Gasteiger partial charge is 0.306 e. The van der Waals surface area contributed by atoms with Gasteiger partial charge in [-0.1, -0.05) is 81.5 Å². The number of rotatable bonds is 22. The molecule has 0 aromatic heterocycles. The maximum atomic E-state index is 13.2. The van der Waals surface area contributed by atoms with Crippen molar-refractivity contribution in [3.05, 3.63) is 109 Å². The third-order valence-electron chi connectivity index (χ3n) is 11.3. The van der Waals surface area contributed by atoms with Crippen molar-refractivity contribution in [2.24, 2.45) is 23.7 Å². The van der Waals surface area contributed by atoms with E-state index in [4.69, 9.17) is 28.4 Å². The number of aryl methyl sites for hydroxylation is 1. The second-order valence-corrected chi connectivity index (χ2v) is 16.8. The fourth-order valence-corrected chi connectivity index (χ4v) is 7.56. The molecule has 2 aromatic rings. The number of hydrogen-bond donors (Lipinski definition) is 0. The van der Waals surface area contributed by atoms with E-state index in [0.717, 1.165) is 68.1 Å². The van der Waals surface area contributed by atoms with Gasteiger partial charge in [-0.3, -0.25) is 9.59 Å². The summed E-state index contributed by atoms with van der Waals surface area (Å²) in [5, 5.41) is 0. The first-order valence-electron chi connectivity index (χ1n) is 22.1. The van der Waals surface area contributed by atoms with Crippen LogP contribution < -0.4 is 9.47 Å². The van der Waals surface area contributed by atoms with Gasteiger partial charge in [-0.05, 0) is 167 Å². The van der Waals surface area contributed by atoms with Gasteiger partial charge in [0.15, 0.2) is 12.2 Å². The topological polar surface area (TPSA) is 89.5 Å². The van der Waals surface area contributed by atoms with E-state index < -0.39 is 12.2 Å². The molecule has 0 N–H and O–H groups in total. The number of carbonyl (C=O) groups is 2. The van der Waals surface area contributed by atoms with Gasteiger partial charge in [0, 0.05) is 18.4 Å². The molecule has 8 heteroatoms. The summed E-state index contributed by atoms with van der Waals surface area (Å²) in [5.41, 5.74) is 3.34. The molecule has 2 fully saturated rings. The van der Waals surface area contributed by atoms with Gasteiger partial charge in [0.05, 0.1) is 0 Å². The molecule has 2 atom stereocenters. The van der Waals surface area contributed by atoms with Crippen molar-refractivity contribution in [3.63, 3.8) is 0 Å². The molecule has 0 bridgehead atoms. The molecule has 2 aliphatic rings. The van der Waals surface area contributed by atoms with Gasteiger partial charge < -0.3 is 28.4 Å². The Morgan fingerprint density at radius 2 is 0.968 bits per heavy atom. The standard InChI is InChI=1S/C55H64O8/c1-9-10-11-12-13-14-15-16-45-27-31-51(32-28-45)61-39-53(37-59-44(8)41(4)5)63-55(57)35-49-25-21-47(22-26-49)33-46-19-23-48(24-20-46)34-54(56)62-52(36-58-43(7)40(2)3)38-60-50-29-17-42(6)18-30-50/h17-18,27-32,46-49,52-53H,2,4,7-8,19-26,33-39H2,1,3,5-6H3. The summed E-state index contributed by atoms with van der Waals surface area (Å²) in [6.07, 6.45) is 9.27. The van der Waals surface area contributed by atoms with Crippen molar-refractivity contribution in [2.75, 3.05) is 26.4 Å². The third kappa shape index (κ3) is 19.6. The molecule has 0 amide bonds. The number of esters is 2. The van der Waals surface area contributed by atoms with Crippen molar-refractivity contribution in [2.45, 2.75) is 111 Å². The average molecular weight is 853 g/mol. The van der Waals surface area contributed by atoms with Gasteiger partial charge in [0.25, 0.3) is 0 Å². The van der Waals surface area contributed by atoms with Crippen LogP contribution in [0.15, 0.2) is 97.5 Å². The van der Waals surface area contributed by atoms with Gasteiger partial charge >= 0.3 is 11.9 Å². The highest BCUT2D eigenvalue weighted by molar-refractivity contribution is 5.70. The Morgan fingerprint density at radius 3 is 1.40 bits per heavy atom. The highest BCUT2D eigenvalue weighted by atomic mass is 16.6. The summed E-state index contributed by atoms with van der Waals surface area (Å²) in [4.78, 5) is 26.4. The molecule has 332 valence electrons. The first kappa shape index (κ1) is 49.4. The lowest BCUT2D eigenvalue weighted by molar-refractivity contribution is -0.155. The summed E-state index contributed by atoms with van der Waals surface area (Å²) >= 11 is 0. The SMILES string of the molecule is C=C(C)C(=C)OCC(COc1ccc(C)cc1)OC(=O)CC1CCC(CC2CCC(CC(=O)OC(COC(=C)C(=C)C)COc3ccc(C#CC#CC#CC#CC)cc3)CC2)CC1. The van der Waals surface area contributed by atoms with Gasteiger partial charge in [0.2, 0.25) is 0 Å². The van der Waals surface area contributed by atoms with E-state index in [1.165, 1.54) is 6.42 Å². The summed E-state index contributed by atoms with van der Waals surface area (Å²) in [6.45, 7) is 23.5. The van der Waals surface area contributed by atoms with Crippen LogP contribution in [0.2, 0.25) is 0 Å². The van der Waals surface area contributed by atoms with Gasteiger partial charge in [-0.2, -0.15) is 0 Å². The lowest BCUT2D eigenvalue weighted by Crippen LogP contribution is -2.31. The van der Waals surface area contributed by atoms with Crippen LogP contribution in [0.3, 0.4) is 0 Å². The summed E-state index contributed by atoms with van der Waals surface area (Å²) in [7, 11) is 0. The van der Waals surface area contributed by atoms with Gasteiger partial charge in [-0.25, -0.2) is 0 Å². The normalized spacial score (nSPS) is 18.5. The minimum atomic E-state index is -0.629. The maximum Gasteiger partial charge on any atom is 0.306 e. The second-order valence-electron chi connectivity index (χ2n) is 16.8. The molecule has 2 unspecified atom stereocenters. The highest BCUT2D eigenvalue weighted by Gasteiger charge is 2.30. The quantitative estimate of drug-likeness (QED) is 0.0501. The molecule has 4 rings (SSSR count). The Balaban J connectivity index is 1.17. The third-order valence-corrected chi connectivity index (χ3v) is 11.3. The van der Waals surface area contributed by atoms with Crippen molar-refractivity contribution in [1.82, 2.24) is 0 Å². The van der Waals surface area contributed by atoms with Crippen LogP contribution in [-0.4, -0.2) is 50.6 Å². The minimum Gasteiger partial charge on any atom is -0.490 e. The van der Waals surface area contributed by atoms with E-state index in [1.54, 1.807) is 6.92 Å². The van der Waals surface area contributed by atoms with E-state index in [1.807, 2.05) is 69.3 Å². The van der Waals surface area contributed by atoms with Crippen LogP contribution in [0.25, 0.3) is 0 Å². The van der Waals surface area contributed by atoms with Crippen LogP contribution in [0.5, 0.6) is 11.5 Å². The van der Waals surface area contributed by atoms with E-state index in [9.17, 15) is 9.59 Å². The Bertz CT molecular complexity index is 2120. The maximum absolute atomic E-state index is 13.2. The zero-order chi connectivity index (χ0) is 45.4. The molecule has 0 saturated heterocycles. The number of hydrogen-bond acceptors (Lipinski definition) is 8. The molecule has 0 spiro atoms. The van der Waals surface area contributed by atoms with Gasteiger partial charge in [-0.15, -0.1) is 0 Å². The van der Waals surface area contributed by atoms with E-state index in [-0.39, 0.29) is 44.3 Å². The number of benzene rings is 2. The van der Waals surface area contributed by atoms with Gasteiger partial charge in [0.1, 0.15) is 49.4 Å². The monoisotopic (exact) mass is 852 g/mol. The summed E-state index contributed by atoms with van der Waals surface area (Å²) < 4.78 is 35.3. The molecular weight excluding hydrogens is 789 g/mol. The van der Waals surface area contributed by atoms with Crippen molar-refractivity contribution in [1.29, 1.82) is 0 Å². The molecule has 0 aliphatic heterocycles. The predicted octanol–water partition coefficient (Wildman–Crippen LogP) is 10.7. The van der Waals surface area contributed by atoms with Crippen LogP contribution in [0.1, 0.15) is 103 Å². The first-order chi connectivity index (χ1) is 30.4. The summed E-state index contributed by atoms with van der Waals surface area (Å²) in [5.74, 6) is 25.3. The van der Waals surface area contributed by atoms with E-state index in [0.29, 0.717) is 59.2 Å².